The zero-order chi connectivity index (χ0) is 20.6. The number of aliphatic carboxylic acids is 1. The summed E-state index contributed by atoms with van der Waals surface area (Å²) < 4.78 is 15.4. The van der Waals surface area contributed by atoms with E-state index in [0.29, 0.717) is 34.5 Å². The number of carbonyl (C=O) groups excluding carboxylic acids is 1. The molecule has 0 amide bonds. The minimum atomic E-state index is -1.04. The highest BCUT2D eigenvalue weighted by atomic mass is 35.5. The molecular weight excluding hydrogens is 385 g/mol. The molecule has 0 spiro atoms. The molecule has 2 N–H and O–H groups in total. The summed E-state index contributed by atoms with van der Waals surface area (Å²) >= 11 is 5.99. The maximum atomic E-state index is 14.1. The lowest BCUT2D eigenvalue weighted by molar-refractivity contribution is -0.139. The number of phenolic OH excluding ortho intramolecular Hbond substituents is 1. The van der Waals surface area contributed by atoms with Gasteiger partial charge < -0.3 is 10.2 Å². The average molecular weight is 404 g/mol. The molecule has 1 heterocycles. The van der Waals surface area contributed by atoms with Gasteiger partial charge in [0.15, 0.2) is 11.6 Å². The fraction of sp³-hybridized carbons (Fsp3) is 0.238. The van der Waals surface area contributed by atoms with Crippen molar-refractivity contribution in [1.29, 1.82) is 0 Å². The van der Waals surface area contributed by atoms with Crippen molar-refractivity contribution in [3.8, 4) is 5.75 Å². The predicted molar refractivity (Wildman–Crippen MR) is 105 cm³/mol. The summed E-state index contributed by atoms with van der Waals surface area (Å²) in [6, 6.07) is 8.56. The van der Waals surface area contributed by atoms with Crippen LogP contribution in [0.15, 0.2) is 36.4 Å². The highest BCUT2D eigenvalue weighted by Gasteiger charge is 2.29. The molecule has 0 aliphatic rings. The molecule has 28 heavy (non-hydrogen) atoms. The minimum Gasteiger partial charge on any atom is -0.505 e. The molecule has 0 aliphatic carbocycles. The van der Waals surface area contributed by atoms with Gasteiger partial charge in [-0.05, 0) is 43.2 Å². The number of hydrogen-bond donors (Lipinski definition) is 2. The summed E-state index contributed by atoms with van der Waals surface area (Å²) in [6.45, 7) is 3.48. The number of phenols is 1. The Morgan fingerprint density at radius 1 is 1.25 bits per heavy atom. The Balaban J connectivity index is 2.34. The lowest BCUT2D eigenvalue weighted by Crippen LogP contribution is -2.16. The van der Waals surface area contributed by atoms with E-state index in [1.807, 2.05) is 6.92 Å². The number of fused-ring (bicyclic) bond motifs is 1. The first-order chi connectivity index (χ1) is 13.3. The van der Waals surface area contributed by atoms with Gasteiger partial charge in [0.2, 0.25) is 0 Å². The second-order valence-electron chi connectivity index (χ2n) is 6.65. The van der Waals surface area contributed by atoms with E-state index in [2.05, 4.69) is 0 Å². The Morgan fingerprint density at radius 2 is 1.96 bits per heavy atom. The molecule has 0 aliphatic heterocycles. The number of carboxylic acids is 1. The van der Waals surface area contributed by atoms with E-state index in [0.717, 1.165) is 6.07 Å². The van der Waals surface area contributed by atoms with Crippen molar-refractivity contribution in [3.05, 3.63) is 64.1 Å². The van der Waals surface area contributed by atoms with Crippen molar-refractivity contribution in [2.75, 3.05) is 0 Å². The quantitative estimate of drug-likeness (QED) is 0.620. The molecule has 0 fully saturated rings. The van der Waals surface area contributed by atoms with Crippen LogP contribution in [-0.2, 0) is 4.79 Å². The van der Waals surface area contributed by atoms with Crippen LogP contribution in [0.2, 0.25) is 5.02 Å². The third kappa shape index (κ3) is 3.36. The van der Waals surface area contributed by atoms with Gasteiger partial charge in [0.25, 0.3) is 5.91 Å². The SMILES string of the molecule is CCCC(C(=O)O)c1c(C)n(C(=O)c2cccc(Cl)c2)c2cc(F)c(O)cc12. The summed E-state index contributed by atoms with van der Waals surface area (Å²) in [5.74, 6) is -3.86. The van der Waals surface area contributed by atoms with Gasteiger partial charge in [0.1, 0.15) is 0 Å². The first-order valence-corrected chi connectivity index (χ1v) is 9.20. The second kappa shape index (κ2) is 7.64. The van der Waals surface area contributed by atoms with E-state index in [-0.39, 0.29) is 11.1 Å². The van der Waals surface area contributed by atoms with E-state index < -0.39 is 29.4 Å². The fourth-order valence-corrected chi connectivity index (χ4v) is 3.77. The van der Waals surface area contributed by atoms with Crippen LogP contribution in [-0.4, -0.2) is 26.7 Å². The van der Waals surface area contributed by atoms with Crippen LogP contribution in [0.4, 0.5) is 4.39 Å². The molecule has 0 saturated heterocycles. The van der Waals surface area contributed by atoms with Crippen molar-refractivity contribution in [3.63, 3.8) is 0 Å². The number of aromatic hydroxyl groups is 1. The van der Waals surface area contributed by atoms with E-state index in [4.69, 9.17) is 11.6 Å². The van der Waals surface area contributed by atoms with Crippen LogP contribution >= 0.6 is 11.6 Å². The molecule has 5 nitrogen and oxygen atoms in total. The topological polar surface area (TPSA) is 79.5 Å². The summed E-state index contributed by atoms with van der Waals surface area (Å²) in [5, 5.41) is 20.3. The Labute approximate surface area is 166 Å². The van der Waals surface area contributed by atoms with Gasteiger partial charge in [0, 0.05) is 27.7 Å². The molecule has 0 bridgehead atoms. The molecule has 146 valence electrons. The highest BCUT2D eigenvalue weighted by Crippen LogP contribution is 2.37. The molecule has 2 aromatic carbocycles. The Morgan fingerprint density at radius 3 is 2.57 bits per heavy atom. The maximum absolute atomic E-state index is 14.1. The monoisotopic (exact) mass is 403 g/mol. The van der Waals surface area contributed by atoms with E-state index in [1.165, 1.54) is 16.7 Å². The van der Waals surface area contributed by atoms with Crippen LogP contribution < -0.4 is 0 Å². The number of nitrogens with zero attached hydrogens (tertiary/aromatic N) is 1. The number of halogens is 2. The predicted octanol–water partition coefficient (Wildman–Crippen LogP) is 5.10. The van der Waals surface area contributed by atoms with Crippen molar-refractivity contribution in [2.45, 2.75) is 32.6 Å². The van der Waals surface area contributed by atoms with E-state index >= 15 is 0 Å². The summed E-state index contributed by atoms with van der Waals surface area (Å²) in [6.07, 6.45) is 0.956. The summed E-state index contributed by atoms with van der Waals surface area (Å²) in [4.78, 5) is 25.0. The van der Waals surface area contributed by atoms with Gasteiger partial charge in [-0.2, -0.15) is 0 Å². The van der Waals surface area contributed by atoms with Crippen molar-refractivity contribution >= 4 is 34.4 Å². The largest absolute Gasteiger partial charge is 0.505 e. The van der Waals surface area contributed by atoms with Crippen LogP contribution in [0.1, 0.15) is 47.3 Å². The maximum Gasteiger partial charge on any atom is 0.311 e. The van der Waals surface area contributed by atoms with E-state index in [9.17, 15) is 24.2 Å². The van der Waals surface area contributed by atoms with Crippen molar-refractivity contribution in [2.24, 2.45) is 0 Å². The number of carbonyl (C=O) groups is 2. The highest BCUT2D eigenvalue weighted by molar-refractivity contribution is 6.31. The smallest absolute Gasteiger partial charge is 0.311 e. The first-order valence-electron chi connectivity index (χ1n) is 8.82. The number of aromatic nitrogens is 1. The minimum absolute atomic E-state index is 0.204. The van der Waals surface area contributed by atoms with Gasteiger partial charge in [-0.25, -0.2) is 4.39 Å². The Bertz CT molecular complexity index is 1090. The summed E-state index contributed by atoms with van der Waals surface area (Å²) in [5.41, 5.74) is 1.28. The van der Waals surface area contributed by atoms with Crippen LogP contribution in [0.25, 0.3) is 10.9 Å². The molecule has 0 radical (unpaired) electrons. The molecular formula is C21H19ClFNO4. The Kier molecular flexibility index (Phi) is 5.42. The number of hydrogen-bond acceptors (Lipinski definition) is 3. The molecule has 1 aromatic heterocycles. The third-order valence-electron chi connectivity index (χ3n) is 4.82. The number of benzene rings is 2. The average Bonchev–Trinajstić information content (AvgIpc) is 2.90. The lowest BCUT2D eigenvalue weighted by Gasteiger charge is -2.13. The standard InChI is InChI=1S/C21H19ClFNO4/c1-3-5-14(21(27)28)19-11(2)24(17-10-16(23)18(25)9-15(17)19)20(26)12-6-4-7-13(22)8-12/h4,6-10,14,25H,3,5H2,1-2H3,(H,27,28). The normalized spacial score (nSPS) is 12.3. The van der Waals surface area contributed by atoms with Gasteiger partial charge in [-0.1, -0.05) is 31.0 Å². The molecule has 0 saturated carbocycles. The molecule has 7 heteroatoms. The molecule has 1 atom stereocenters. The Hall–Kier alpha value is -2.86. The van der Waals surface area contributed by atoms with Gasteiger partial charge >= 0.3 is 5.97 Å². The van der Waals surface area contributed by atoms with Crippen LogP contribution in [0.5, 0.6) is 5.75 Å². The first kappa shape index (κ1) is 19.9. The van der Waals surface area contributed by atoms with Gasteiger partial charge in [-0.15, -0.1) is 0 Å². The number of carboxylic acid groups (broad SMARTS) is 1. The molecule has 3 aromatic rings. The van der Waals surface area contributed by atoms with Gasteiger partial charge in [0.05, 0.1) is 11.4 Å². The van der Waals surface area contributed by atoms with Crippen LogP contribution in [0.3, 0.4) is 0 Å². The zero-order valence-corrected chi connectivity index (χ0v) is 16.1. The van der Waals surface area contributed by atoms with Gasteiger partial charge in [-0.3, -0.25) is 14.2 Å². The summed E-state index contributed by atoms with van der Waals surface area (Å²) in [7, 11) is 0. The lowest BCUT2D eigenvalue weighted by atomic mass is 9.92. The van der Waals surface area contributed by atoms with Crippen molar-refractivity contribution in [1.82, 2.24) is 4.57 Å². The third-order valence-corrected chi connectivity index (χ3v) is 5.06. The van der Waals surface area contributed by atoms with Crippen molar-refractivity contribution < 1.29 is 24.2 Å². The molecule has 3 rings (SSSR count). The molecule has 1 unspecified atom stereocenters. The number of rotatable bonds is 5. The van der Waals surface area contributed by atoms with Crippen LogP contribution in [0, 0.1) is 12.7 Å². The van der Waals surface area contributed by atoms with E-state index in [1.54, 1.807) is 25.1 Å². The fourth-order valence-electron chi connectivity index (χ4n) is 3.58. The zero-order valence-electron chi connectivity index (χ0n) is 15.4. The second-order valence-corrected chi connectivity index (χ2v) is 7.09.